The summed E-state index contributed by atoms with van der Waals surface area (Å²) in [6, 6.07) is 10.6. The standard InChI is InChI=1S/C15H19N/c1-3-6-12(2)9-15-10-13-7-4-5-8-14(13)11-16-15/h4-5,7-8,10-12H,3,6,9H2,1-2H3. The van der Waals surface area contributed by atoms with E-state index in [4.69, 9.17) is 0 Å². The lowest BCUT2D eigenvalue weighted by molar-refractivity contribution is 0.517. The van der Waals surface area contributed by atoms with Crippen LogP contribution in [0.1, 0.15) is 32.4 Å². The van der Waals surface area contributed by atoms with Gasteiger partial charge in [0, 0.05) is 17.3 Å². The largest absolute Gasteiger partial charge is 0.261 e. The number of nitrogens with zero attached hydrogens (tertiary/aromatic N) is 1. The van der Waals surface area contributed by atoms with Gasteiger partial charge in [-0.3, -0.25) is 4.98 Å². The monoisotopic (exact) mass is 213 g/mol. The second-order valence-corrected chi connectivity index (χ2v) is 4.62. The SMILES string of the molecule is CCCC(C)Cc1cc2ccccc2cn1. The molecule has 0 saturated heterocycles. The molecule has 1 aromatic heterocycles. The smallest absolute Gasteiger partial charge is 0.0412 e. The summed E-state index contributed by atoms with van der Waals surface area (Å²) < 4.78 is 0. The highest BCUT2D eigenvalue weighted by Gasteiger charge is 2.04. The normalized spacial score (nSPS) is 12.9. The lowest BCUT2D eigenvalue weighted by Gasteiger charge is -2.09. The lowest BCUT2D eigenvalue weighted by Crippen LogP contribution is -2.01. The van der Waals surface area contributed by atoms with Gasteiger partial charge in [0.1, 0.15) is 0 Å². The first-order chi connectivity index (χ1) is 7.79. The molecule has 0 aliphatic rings. The van der Waals surface area contributed by atoms with Crippen LogP contribution in [-0.4, -0.2) is 4.98 Å². The van der Waals surface area contributed by atoms with Gasteiger partial charge < -0.3 is 0 Å². The van der Waals surface area contributed by atoms with Crippen LogP contribution < -0.4 is 0 Å². The van der Waals surface area contributed by atoms with E-state index in [0.717, 1.165) is 12.3 Å². The summed E-state index contributed by atoms with van der Waals surface area (Å²) in [4.78, 5) is 4.53. The molecule has 1 heteroatoms. The van der Waals surface area contributed by atoms with E-state index in [-0.39, 0.29) is 0 Å². The first-order valence-electron chi connectivity index (χ1n) is 6.13. The third-order valence-electron chi connectivity index (χ3n) is 3.03. The lowest BCUT2D eigenvalue weighted by atomic mass is 9.99. The summed E-state index contributed by atoms with van der Waals surface area (Å²) in [7, 11) is 0. The third kappa shape index (κ3) is 2.60. The molecule has 0 aliphatic carbocycles. The maximum Gasteiger partial charge on any atom is 0.0412 e. The van der Waals surface area contributed by atoms with Gasteiger partial charge in [0.15, 0.2) is 0 Å². The van der Waals surface area contributed by atoms with Crippen molar-refractivity contribution in [1.82, 2.24) is 4.98 Å². The molecule has 16 heavy (non-hydrogen) atoms. The quantitative estimate of drug-likeness (QED) is 0.741. The first-order valence-corrected chi connectivity index (χ1v) is 6.13. The molecule has 0 amide bonds. The number of hydrogen-bond donors (Lipinski definition) is 0. The molecule has 0 bridgehead atoms. The fourth-order valence-electron chi connectivity index (χ4n) is 2.19. The highest BCUT2D eigenvalue weighted by atomic mass is 14.7. The first kappa shape index (κ1) is 11.1. The van der Waals surface area contributed by atoms with E-state index in [0.29, 0.717) is 0 Å². The molecule has 2 aromatic rings. The third-order valence-corrected chi connectivity index (χ3v) is 3.03. The summed E-state index contributed by atoms with van der Waals surface area (Å²) >= 11 is 0. The topological polar surface area (TPSA) is 12.9 Å². The maximum atomic E-state index is 4.53. The Kier molecular flexibility index (Phi) is 3.55. The summed E-state index contributed by atoms with van der Waals surface area (Å²) in [5.41, 5.74) is 1.22. The molecular formula is C15H19N. The average molecular weight is 213 g/mol. The summed E-state index contributed by atoms with van der Waals surface area (Å²) in [5, 5.41) is 2.53. The van der Waals surface area contributed by atoms with Gasteiger partial charge >= 0.3 is 0 Å². The Hall–Kier alpha value is -1.37. The van der Waals surface area contributed by atoms with E-state index in [1.165, 1.54) is 29.3 Å². The van der Waals surface area contributed by atoms with Crippen LogP contribution in [0.5, 0.6) is 0 Å². The molecule has 1 heterocycles. The predicted octanol–water partition coefficient (Wildman–Crippen LogP) is 4.21. The van der Waals surface area contributed by atoms with E-state index in [9.17, 15) is 0 Å². The van der Waals surface area contributed by atoms with Crippen LogP contribution in [0.2, 0.25) is 0 Å². The van der Waals surface area contributed by atoms with Crippen molar-refractivity contribution >= 4 is 10.8 Å². The van der Waals surface area contributed by atoms with Crippen molar-refractivity contribution in [1.29, 1.82) is 0 Å². The van der Waals surface area contributed by atoms with Crippen molar-refractivity contribution in [3.05, 3.63) is 42.2 Å². The zero-order valence-electron chi connectivity index (χ0n) is 10.1. The van der Waals surface area contributed by atoms with Gasteiger partial charge in [0.25, 0.3) is 0 Å². The molecule has 0 saturated carbocycles. The second-order valence-electron chi connectivity index (χ2n) is 4.62. The van der Waals surface area contributed by atoms with E-state index in [1.807, 2.05) is 6.20 Å². The molecule has 1 nitrogen and oxygen atoms in total. The van der Waals surface area contributed by atoms with Crippen LogP contribution in [0.4, 0.5) is 0 Å². The van der Waals surface area contributed by atoms with Gasteiger partial charge in [-0.25, -0.2) is 0 Å². The van der Waals surface area contributed by atoms with E-state index < -0.39 is 0 Å². The Labute approximate surface area is 97.5 Å². The Balaban J connectivity index is 2.19. The molecule has 1 atom stereocenters. The zero-order chi connectivity index (χ0) is 11.4. The Morgan fingerprint density at radius 3 is 2.69 bits per heavy atom. The molecule has 0 aliphatic heterocycles. The number of benzene rings is 1. The van der Waals surface area contributed by atoms with Crippen molar-refractivity contribution in [2.24, 2.45) is 5.92 Å². The van der Waals surface area contributed by atoms with Gasteiger partial charge in [0.05, 0.1) is 0 Å². The molecule has 1 aromatic carbocycles. The molecule has 0 spiro atoms. The number of fused-ring (bicyclic) bond motifs is 1. The summed E-state index contributed by atoms with van der Waals surface area (Å²) in [6.45, 7) is 4.55. The van der Waals surface area contributed by atoms with Gasteiger partial charge in [-0.05, 0) is 23.8 Å². The molecular weight excluding hydrogens is 194 g/mol. The van der Waals surface area contributed by atoms with Gasteiger partial charge in [-0.15, -0.1) is 0 Å². The van der Waals surface area contributed by atoms with E-state index in [2.05, 4.69) is 49.2 Å². The van der Waals surface area contributed by atoms with Gasteiger partial charge in [-0.2, -0.15) is 0 Å². The molecule has 0 fully saturated rings. The number of rotatable bonds is 4. The van der Waals surface area contributed by atoms with Crippen LogP contribution in [0.25, 0.3) is 10.8 Å². The van der Waals surface area contributed by atoms with Crippen molar-refractivity contribution in [2.45, 2.75) is 33.1 Å². The highest BCUT2D eigenvalue weighted by Crippen LogP contribution is 2.17. The minimum atomic E-state index is 0.735. The van der Waals surface area contributed by atoms with Gasteiger partial charge in [0.2, 0.25) is 0 Å². The van der Waals surface area contributed by atoms with Crippen molar-refractivity contribution in [3.63, 3.8) is 0 Å². The van der Waals surface area contributed by atoms with Crippen LogP contribution in [-0.2, 0) is 6.42 Å². The summed E-state index contributed by atoms with van der Waals surface area (Å²) in [5.74, 6) is 0.735. The fraction of sp³-hybridized carbons (Fsp3) is 0.400. The predicted molar refractivity (Wildman–Crippen MR) is 69.5 cm³/mol. The number of aromatic nitrogens is 1. The Bertz CT molecular complexity index is 462. The second kappa shape index (κ2) is 5.11. The minimum Gasteiger partial charge on any atom is -0.261 e. The summed E-state index contributed by atoms with van der Waals surface area (Å²) in [6.07, 6.45) is 5.63. The highest BCUT2D eigenvalue weighted by molar-refractivity contribution is 5.81. The fourth-order valence-corrected chi connectivity index (χ4v) is 2.19. The van der Waals surface area contributed by atoms with E-state index >= 15 is 0 Å². The van der Waals surface area contributed by atoms with Crippen LogP contribution in [0, 0.1) is 5.92 Å². The molecule has 1 unspecified atom stereocenters. The van der Waals surface area contributed by atoms with Crippen LogP contribution in [0.15, 0.2) is 36.5 Å². The zero-order valence-corrected chi connectivity index (χ0v) is 10.1. The minimum absolute atomic E-state index is 0.735. The van der Waals surface area contributed by atoms with Crippen molar-refractivity contribution in [2.75, 3.05) is 0 Å². The number of hydrogen-bond acceptors (Lipinski definition) is 1. The molecule has 84 valence electrons. The van der Waals surface area contributed by atoms with Gasteiger partial charge in [-0.1, -0.05) is 51.0 Å². The van der Waals surface area contributed by atoms with Crippen LogP contribution in [0.3, 0.4) is 0 Å². The average Bonchev–Trinajstić information content (AvgIpc) is 2.29. The molecule has 2 rings (SSSR count). The van der Waals surface area contributed by atoms with E-state index in [1.54, 1.807) is 0 Å². The van der Waals surface area contributed by atoms with Crippen molar-refractivity contribution < 1.29 is 0 Å². The molecule has 0 radical (unpaired) electrons. The molecule has 0 N–H and O–H groups in total. The number of pyridine rings is 1. The van der Waals surface area contributed by atoms with Crippen LogP contribution >= 0.6 is 0 Å². The maximum absolute atomic E-state index is 4.53. The Morgan fingerprint density at radius 1 is 1.19 bits per heavy atom. The van der Waals surface area contributed by atoms with Crippen molar-refractivity contribution in [3.8, 4) is 0 Å². The Morgan fingerprint density at radius 2 is 1.94 bits per heavy atom.